The number of imide groups is 1. The van der Waals surface area contributed by atoms with Crippen LogP contribution in [0.1, 0.15) is 77.3 Å². The highest BCUT2D eigenvalue weighted by atomic mass is 16.6. The standard InChI is InChI=1S/C51H43N3O11/c55-28-29-63-39-25-21-37(22-26-39)46-51(42(47(56)57)44-48(58)65-45(36-14-8-3-9-15-36)43(53(44)46)35-12-6-2-7-13-35)40-30-33(17-16-32-10-4-1-5-11-32)20-27-41(40)52(49(51)59)50(60)64-31-34-18-23-38(24-19-34)54(61)62/h2-3,6-10,12-15,18-27,30,42-46,55H,1,4-5,11,28-29,31H2,(H,56,57)/t42-,43-,44-,45+,46+,51-/m1/s1. The number of aliphatic carboxylic acids is 1. The summed E-state index contributed by atoms with van der Waals surface area (Å²) in [7, 11) is 0. The second kappa shape index (κ2) is 17.9. The van der Waals surface area contributed by atoms with Gasteiger partial charge < -0.3 is 24.4 Å². The molecule has 0 bridgehead atoms. The van der Waals surface area contributed by atoms with E-state index < -0.39 is 64.4 Å². The van der Waals surface area contributed by atoms with Crippen LogP contribution in [0.4, 0.5) is 16.2 Å². The number of nitrogens with zero attached hydrogens (tertiary/aromatic N) is 3. The number of allylic oxidation sites excluding steroid dienone is 2. The SMILES string of the molecule is O=C1O[C@@H](c2ccccc2)[C@@H](c2ccccc2)N2[C@@H](c3ccc(OCCO)cc3)[C@]3(C(=O)N(C(=O)OCc4ccc([N+](=O)[O-])cc4)c4ccc(C#CC5=CCCCC5)cc43)[C@@H](C(=O)O)[C@H]12. The third-order valence-corrected chi connectivity index (χ3v) is 12.6. The molecule has 65 heavy (non-hydrogen) atoms. The Bertz CT molecular complexity index is 2750. The normalized spacial score (nSPS) is 23.4. The predicted octanol–water partition coefficient (Wildman–Crippen LogP) is 7.90. The van der Waals surface area contributed by atoms with Crippen LogP contribution in [-0.2, 0) is 35.9 Å². The summed E-state index contributed by atoms with van der Waals surface area (Å²) >= 11 is 0. The van der Waals surface area contributed by atoms with Crippen LogP contribution >= 0.6 is 0 Å². The van der Waals surface area contributed by atoms with Crippen molar-refractivity contribution < 1.29 is 48.5 Å². The Morgan fingerprint density at radius 1 is 0.846 bits per heavy atom. The largest absolute Gasteiger partial charge is 0.491 e. The molecular formula is C51H43N3O11. The number of hydrogen-bond acceptors (Lipinski definition) is 11. The number of cyclic esters (lactones) is 1. The van der Waals surface area contributed by atoms with Gasteiger partial charge in [-0.25, -0.2) is 9.69 Å². The summed E-state index contributed by atoms with van der Waals surface area (Å²) in [6, 6.07) is 31.6. The van der Waals surface area contributed by atoms with E-state index in [0.717, 1.165) is 36.2 Å². The Hall–Kier alpha value is -7.60. The second-order valence-electron chi connectivity index (χ2n) is 16.3. The van der Waals surface area contributed by atoms with Crippen LogP contribution in [0.3, 0.4) is 0 Å². The van der Waals surface area contributed by atoms with Crippen molar-refractivity contribution in [2.45, 2.75) is 61.9 Å². The van der Waals surface area contributed by atoms with E-state index in [-0.39, 0.29) is 36.8 Å². The van der Waals surface area contributed by atoms with Crippen LogP contribution in [0.2, 0.25) is 0 Å². The molecular weight excluding hydrogens is 831 g/mol. The molecule has 3 heterocycles. The van der Waals surface area contributed by atoms with Gasteiger partial charge in [0, 0.05) is 17.7 Å². The number of benzene rings is 5. The Balaban J connectivity index is 1.27. The maximum atomic E-state index is 16.0. The lowest BCUT2D eigenvalue weighted by Gasteiger charge is -2.46. The van der Waals surface area contributed by atoms with Gasteiger partial charge in [-0.15, -0.1) is 0 Å². The molecule has 2 saturated heterocycles. The van der Waals surface area contributed by atoms with Gasteiger partial charge in [-0.05, 0) is 102 Å². The van der Waals surface area contributed by atoms with E-state index in [1.165, 1.54) is 24.3 Å². The molecule has 0 aromatic heterocycles. The number of fused-ring (bicyclic) bond motifs is 3. The van der Waals surface area contributed by atoms with E-state index in [4.69, 9.17) is 14.2 Å². The Kier molecular flexibility index (Phi) is 11.7. The van der Waals surface area contributed by atoms with E-state index in [0.29, 0.717) is 33.6 Å². The average molecular weight is 874 g/mol. The number of rotatable bonds is 10. The number of carboxylic acid groups (broad SMARTS) is 1. The Morgan fingerprint density at radius 3 is 2.20 bits per heavy atom. The molecule has 1 aliphatic carbocycles. The van der Waals surface area contributed by atoms with Crippen LogP contribution in [0, 0.1) is 27.9 Å². The molecule has 2 N–H and O–H groups in total. The number of anilines is 1. The summed E-state index contributed by atoms with van der Waals surface area (Å²) in [6.45, 7) is -0.611. The molecule has 9 rings (SSSR count). The van der Waals surface area contributed by atoms with Crippen LogP contribution in [0.25, 0.3) is 0 Å². The summed E-state index contributed by atoms with van der Waals surface area (Å²) in [5.41, 5.74) is 1.40. The maximum Gasteiger partial charge on any atom is 0.421 e. The molecule has 6 atom stereocenters. The molecule has 0 saturated carbocycles. The third kappa shape index (κ3) is 7.68. The molecule has 14 heteroatoms. The lowest BCUT2D eigenvalue weighted by atomic mass is 9.65. The molecule has 14 nitrogen and oxygen atoms in total. The first-order valence-electron chi connectivity index (χ1n) is 21.4. The van der Waals surface area contributed by atoms with Gasteiger partial charge in [-0.3, -0.25) is 29.4 Å². The highest BCUT2D eigenvalue weighted by molar-refractivity contribution is 6.23. The summed E-state index contributed by atoms with van der Waals surface area (Å²) in [5.74, 6) is 1.76. The minimum atomic E-state index is -2.20. The smallest absolute Gasteiger partial charge is 0.421 e. The van der Waals surface area contributed by atoms with Crippen molar-refractivity contribution in [1.29, 1.82) is 0 Å². The predicted molar refractivity (Wildman–Crippen MR) is 235 cm³/mol. The lowest BCUT2D eigenvalue weighted by Crippen LogP contribution is -2.53. The van der Waals surface area contributed by atoms with Crippen molar-refractivity contribution in [2.24, 2.45) is 5.92 Å². The minimum absolute atomic E-state index is 0.00615. The number of amides is 2. The summed E-state index contributed by atoms with van der Waals surface area (Å²) in [4.78, 5) is 73.1. The van der Waals surface area contributed by atoms with Crippen LogP contribution in [-0.4, -0.2) is 63.2 Å². The molecule has 0 unspecified atom stereocenters. The van der Waals surface area contributed by atoms with Gasteiger partial charge >= 0.3 is 18.0 Å². The van der Waals surface area contributed by atoms with Crippen LogP contribution in [0.5, 0.6) is 5.75 Å². The monoisotopic (exact) mass is 873 g/mol. The van der Waals surface area contributed by atoms with E-state index in [1.807, 2.05) is 60.7 Å². The zero-order chi connectivity index (χ0) is 45.2. The first-order chi connectivity index (χ1) is 31.6. The first-order valence-corrected chi connectivity index (χ1v) is 21.4. The molecule has 3 aliphatic heterocycles. The molecule has 328 valence electrons. The van der Waals surface area contributed by atoms with Gasteiger partial charge in [-0.2, -0.15) is 0 Å². The fourth-order valence-corrected chi connectivity index (χ4v) is 9.88. The van der Waals surface area contributed by atoms with E-state index in [2.05, 4.69) is 17.9 Å². The maximum absolute atomic E-state index is 16.0. The fraction of sp³-hybridized carbons (Fsp3) is 0.255. The number of esters is 1. The zero-order valence-corrected chi connectivity index (χ0v) is 34.9. The van der Waals surface area contributed by atoms with Crippen molar-refractivity contribution in [3.63, 3.8) is 0 Å². The van der Waals surface area contributed by atoms with Gasteiger partial charge in [0.1, 0.15) is 42.4 Å². The molecule has 1 spiro atoms. The molecule has 2 fully saturated rings. The number of nitro benzene ring substituents is 1. The number of carboxylic acids is 1. The summed E-state index contributed by atoms with van der Waals surface area (Å²) in [6.07, 6.45) is 3.75. The third-order valence-electron chi connectivity index (χ3n) is 12.6. The number of carbonyl (C=O) groups excluding carboxylic acids is 3. The van der Waals surface area contributed by atoms with Gasteiger partial charge in [0.25, 0.3) is 5.69 Å². The highest BCUT2D eigenvalue weighted by Crippen LogP contribution is 2.66. The Labute approximate surface area is 373 Å². The number of nitro groups is 1. The molecule has 2 amide bonds. The molecule has 5 aromatic rings. The van der Waals surface area contributed by atoms with Crippen molar-refractivity contribution >= 4 is 35.3 Å². The molecule has 4 aliphatic rings. The van der Waals surface area contributed by atoms with Crippen molar-refractivity contribution in [3.8, 4) is 17.6 Å². The van der Waals surface area contributed by atoms with Gasteiger partial charge in [0.05, 0.1) is 29.3 Å². The number of non-ortho nitro benzene ring substituents is 1. The van der Waals surface area contributed by atoms with E-state index in [1.54, 1.807) is 47.4 Å². The van der Waals surface area contributed by atoms with Crippen LogP contribution in [0.15, 0.2) is 139 Å². The summed E-state index contributed by atoms with van der Waals surface area (Å²) in [5, 5.41) is 32.4. The van der Waals surface area contributed by atoms with Crippen molar-refractivity contribution in [1.82, 2.24) is 4.90 Å². The number of morpholine rings is 1. The second-order valence-corrected chi connectivity index (χ2v) is 16.3. The molecule has 5 aromatic carbocycles. The number of aliphatic hydroxyl groups excluding tert-OH is 1. The topological polar surface area (TPSA) is 186 Å². The lowest BCUT2D eigenvalue weighted by molar-refractivity contribution is -0.384. The summed E-state index contributed by atoms with van der Waals surface area (Å²) < 4.78 is 17.8. The quantitative estimate of drug-likeness (QED) is 0.0599. The average Bonchev–Trinajstić information content (AvgIpc) is 3.79. The number of carbonyl (C=O) groups is 4. The van der Waals surface area contributed by atoms with Gasteiger partial charge in [-0.1, -0.05) is 90.7 Å². The fourth-order valence-electron chi connectivity index (χ4n) is 9.88. The van der Waals surface area contributed by atoms with Gasteiger partial charge in [0.15, 0.2) is 0 Å². The number of hydrogen-bond donors (Lipinski definition) is 2. The number of ether oxygens (including phenoxy) is 3. The van der Waals surface area contributed by atoms with Crippen molar-refractivity contribution in [3.05, 3.63) is 183 Å². The first kappa shape index (κ1) is 42.7. The number of aliphatic hydroxyl groups is 1. The van der Waals surface area contributed by atoms with Crippen LogP contribution < -0.4 is 9.64 Å². The van der Waals surface area contributed by atoms with Crippen molar-refractivity contribution in [2.75, 3.05) is 18.1 Å². The van der Waals surface area contributed by atoms with E-state index in [9.17, 15) is 34.7 Å². The molecule has 0 radical (unpaired) electrons. The van der Waals surface area contributed by atoms with Gasteiger partial charge in [0.2, 0.25) is 5.91 Å². The Morgan fingerprint density at radius 2 is 1.55 bits per heavy atom. The highest BCUT2D eigenvalue weighted by Gasteiger charge is 2.76. The van der Waals surface area contributed by atoms with E-state index >= 15 is 4.79 Å². The zero-order valence-electron chi connectivity index (χ0n) is 34.9. The minimum Gasteiger partial charge on any atom is -0.491 e.